The van der Waals surface area contributed by atoms with Crippen LogP contribution in [0.4, 0.5) is 0 Å². The van der Waals surface area contributed by atoms with Crippen molar-refractivity contribution >= 4 is 23.5 Å². The molecule has 0 bridgehead atoms. The van der Waals surface area contributed by atoms with E-state index in [2.05, 4.69) is 50.6 Å². The summed E-state index contributed by atoms with van der Waals surface area (Å²) in [5.74, 6) is 0.330. The summed E-state index contributed by atoms with van der Waals surface area (Å²) in [7, 11) is 1.34. The van der Waals surface area contributed by atoms with Gasteiger partial charge in [0.1, 0.15) is 12.2 Å². The number of guanidine groups is 1. The average Bonchev–Trinajstić information content (AvgIpc) is 3.11. The van der Waals surface area contributed by atoms with E-state index in [1.165, 1.54) is 17.4 Å². The van der Waals surface area contributed by atoms with Crippen molar-refractivity contribution in [3.8, 4) is 0 Å². The largest absolute Gasteiger partial charge is 0.468 e. The van der Waals surface area contributed by atoms with Gasteiger partial charge in [-0.15, -0.1) is 5.10 Å². The lowest BCUT2D eigenvalue weighted by molar-refractivity contribution is -0.141. The fourth-order valence-electron chi connectivity index (χ4n) is 2.77. The van der Waals surface area contributed by atoms with Crippen molar-refractivity contribution in [2.24, 2.45) is 10.4 Å². The maximum absolute atomic E-state index is 11.3. The number of aromatic nitrogens is 3. The lowest BCUT2D eigenvalue weighted by atomic mass is 9.86. The molecule has 0 atom stereocenters. The zero-order valence-electron chi connectivity index (χ0n) is 17.4. The number of aliphatic imine (C=N–C) groups is 1. The van der Waals surface area contributed by atoms with Crippen molar-refractivity contribution in [3.63, 3.8) is 0 Å². The molecule has 29 heavy (non-hydrogen) atoms. The second-order valence-electron chi connectivity index (χ2n) is 7.50. The van der Waals surface area contributed by atoms with Gasteiger partial charge in [-0.3, -0.25) is 4.79 Å². The van der Waals surface area contributed by atoms with E-state index >= 15 is 0 Å². The SMILES string of the molecule is CCNC(=NCc1cn(CC(=O)OC)nn1)NCC(C)(C)Cc1cccc(Cl)c1. The van der Waals surface area contributed by atoms with Crippen molar-refractivity contribution in [1.82, 2.24) is 25.6 Å². The van der Waals surface area contributed by atoms with Crippen molar-refractivity contribution in [3.05, 3.63) is 46.7 Å². The number of methoxy groups -OCH3 is 1. The predicted molar refractivity (Wildman–Crippen MR) is 114 cm³/mol. The molecule has 158 valence electrons. The van der Waals surface area contributed by atoms with Gasteiger partial charge < -0.3 is 15.4 Å². The number of nitrogens with zero attached hydrogens (tertiary/aromatic N) is 4. The molecule has 0 saturated heterocycles. The standard InChI is InChI=1S/C20H29ClN6O2/c1-5-22-19(23-11-17-12-27(26-25-17)13-18(28)29-4)24-14-20(2,3)10-15-7-6-8-16(21)9-15/h6-9,12H,5,10-11,13-14H2,1-4H3,(H2,22,23,24). The Hall–Kier alpha value is -2.61. The summed E-state index contributed by atoms with van der Waals surface area (Å²) in [6.45, 7) is 8.27. The van der Waals surface area contributed by atoms with Crippen LogP contribution in [0.5, 0.6) is 0 Å². The molecule has 0 saturated carbocycles. The van der Waals surface area contributed by atoms with E-state index in [9.17, 15) is 4.79 Å². The van der Waals surface area contributed by atoms with Gasteiger partial charge in [-0.05, 0) is 36.5 Å². The fraction of sp³-hybridized carbons (Fsp3) is 0.500. The zero-order chi connectivity index (χ0) is 21.3. The average molecular weight is 421 g/mol. The van der Waals surface area contributed by atoms with E-state index in [0.717, 1.165) is 24.5 Å². The van der Waals surface area contributed by atoms with Gasteiger partial charge in [-0.1, -0.05) is 42.8 Å². The van der Waals surface area contributed by atoms with Gasteiger partial charge >= 0.3 is 5.97 Å². The Bertz CT molecular complexity index is 834. The number of carbonyl (C=O) groups excluding carboxylic acids is 1. The summed E-state index contributed by atoms with van der Waals surface area (Å²) in [4.78, 5) is 15.9. The first-order valence-electron chi connectivity index (χ1n) is 9.54. The molecule has 9 heteroatoms. The topological polar surface area (TPSA) is 93.4 Å². The van der Waals surface area contributed by atoms with Crippen LogP contribution in [0.1, 0.15) is 32.0 Å². The minimum Gasteiger partial charge on any atom is -0.468 e. The van der Waals surface area contributed by atoms with E-state index in [-0.39, 0.29) is 17.9 Å². The number of nitrogens with one attached hydrogen (secondary N) is 2. The number of halogens is 1. The molecule has 8 nitrogen and oxygen atoms in total. The Morgan fingerprint density at radius 2 is 2.14 bits per heavy atom. The monoisotopic (exact) mass is 420 g/mol. The van der Waals surface area contributed by atoms with E-state index in [4.69, 9.17) is 11.6 Å². The number of hydrogen-bond donors (Lipinski definition) is 2. The van der Waals surface area contributed by atoms with Crippen LogP contribution in [0, 0.1) is 5.41 Å². The van der Waals surface area contributed by atoms with E-state index in [1.807, 2.05) is 25.1 Å². The van der Waals surface area contributed by atoms with Gasteiger partial charge in [-0.25, -0.2) is 9.67 Å². The quantitative estimate of drug-likeness (QED) is 0.367. The molecule has 2 rings (SSSR count). The number of hydrogen-bond acceptors (Lipinski definition) is 5. The van der Waals surface area contributed by atoms with Crippen LogP contribution in [0.15, 0.2) is 35.5 Å². The molecule has 2 aromatic rings. The molecule has 0 spiro atoms. The first kappa shape index (κ1) is 22.7. The van der Waals surface area contributed by atoms with Crippen LogP contribution >= 0.6 is 11.6 Å². The second-order valence-corrected chi connectivity index (χ2v) is 7.94. The molecule has 2 N–H and O–H groups in total. The Morgan fingerprint density at radius 1 is 1.34 bits per heavy atom. The highest BCUT2D eigenvalue weighted by atomic mass is 35.5. The maximum atomic E-state index is 11.3. The van der Waals surface area contributed by atoms with Crippen LogP contribution < -0.4 is 10.6 Å². The Balaban J connectivity index is 1.93. The van der Waals surface area contributed by atoms with Gasteiger partial charge in [-0.2, -0.15) is 0 Å². The summed E-state index contributed by atoms with van der Waals surface area (Å²) < 4.78 is 6.06. The van der Waals surface area contributed by atoms with Gasteiger partial charge in [0, 0.05) is 18.1 Å². The molecule has 0 aliphatic carbocycles. The predicted octanol–water partition coefficient (Wildman–Crippen LogP) is 2.43. The molecular weight excluding hydrogens is 392 g/mol. The summed E-state index contributed by atoms with van der Waals surface area (Å²) in [5.41, 5.74) is 1.88. The molecular formula is C20H29ClN6O2. The summed E-state index contributed by atoms with van der Waals surface area (Å²) >= 11 is 6.10. The molecule has 0 fully saturated rings. The molecule has 0 aliphatic heterocycles. The summed E-state index contributed by atoms with van der Waals surface area (Å²) in [6, 6.07) is 7.94. The van der Waals surface area contributed by atoms with Crippen LogP contribution in [-0.2, 0) is 29.0 Å². The molecule has 0 aliphatic rings. The van der Waals surface area contributed by atoms with Crippen LogP contribution in [0.3, 0.4) is 0 Å². The van der Waals surface area contributed by atoms with Crippen molar-refractivity contribution in [1.29, 1.82) is 0 Å². The van der Waals surface area contributed by atoms with Gasteiger partial charge in [0.05, 0.1) is 19.9 Å². The van der Waals surface area contributed by atoms with E-state index < -0.39 is 0 Å². The normalized spacial score (nSPS) is 12.0. The van der Waals surface area contributed by atoms with Crippen molar-refractivity contribution < 1.29 is 9.53 Å². The number of esters is 1. The number of benzene rings is 1. The molecule has 1 heterocycles. The molecule has 0 radical (unpaired) electrons. The third-order valence-corrected chi connectivity index (χ3v) is 4.39. The second kappa shape index (κ2) is 10.8. The first-order valence-corrected chi connectivity index (χ1v) is 9.91. The minimum atomic E-state index is -0.373. The fourth-order valence-corrected chi connectivity index (χ4v) is 2.98. The number of carbonyl (C=O) groups is 1. The van der Waals surface area contributed by atoms with E-state index in [0.29, 0.717) is 18.2 Å². The highest BCUT2D eigenvalue weighted by molar-refractivity contribution is 6.30. The highest BCUT2D eigenvalue weighted by Gasteiger charge is 2.19. The molecule has 1 aromatic carbocycles. The highest BCUT2D eigenvalue weighted by Crippen LogP contribution is 2.22. The van der Waals surface area contributed by atoms with Gasteiger partial charge in [0.2, 0.25) is 0 Å². The number of rotatable bonds is 9. The van der Waals surface area contributed by atoms with Crippen molar-refractivity contribution in [2.45, 2.75) is 40.3 Å². The Morgan fingerprint density at radius 3 is 2.83 bits per heavy atom. The third kappa shape index (κ3) is 8.11. The molecule has 0 amide bonds. The molecule has 0 unspecified atom stereocenters. The third-order valence-electron chi connectivity index (χ3n) is 4.15. The van der Waals surface area contributed by atoms with Crippen molar-refractivity contribution in [2.75, 3.05) is 20.2 Å². The summed E-state index contributed by atoms with van der Waals surface area (Å²) in [5, 5.41) is 15.3. The lowest BCUT2D eigenvalue weighted by Gasteiger charge is -2.26. The van der Waals surface area contributed by atoms with Gasteiger partial charge in [0.15, 0.2) is 5.96 Å². The smallest absolute Gasteiger partial charge is 0.327 e. The maximum Gasteiger partial charge on any atom is 0.327 e. The van der Waals surface area contributed by atoms with Crippen LogP contribution in [0.2, 0.25) is 5.02 Å². The van der Waals surface area contributed by atoms with Crippen LogP contribution in [-0.4, -0.2) is 47.1 Å². The zero-order valence-corrected chi connectivity index (χ0v) is 18.2. The van der Waals surface area contributed by atoms with Gasteiger partial charge in [0.25, 0.3) is 0 Å². The lowest BCUT2D eigenvalue weighted by Crippen LogP contribution is -2.42. The minimum absolute atomic E-state index is 0.00449. The Labute approximate surface area is 176 Å². The summed E-state index contributed by atoms with van der Waals surface area (Å²) in [6.07, 6.45) is 2.58. The van der Waals surface area contributed by atoms with Crippen LogP contribution in [0.25, 0.3) is 0 Å². The van der Waals surface area contributed by atoms with E-state index in [1.54, 1.807) is 6.20 Å². The first-order chi connectivity index (χ1) is 13.8. The Kier molecular flexibility index (Phi) is 8.45. The molecule has 1 aromatic heterocycles. The number of ether oxygens (including phenoxy) is 1.